The van der Waals surface area contributed by atoms with Crippen LogP contribution in [-0.2, 0) is 12.5 Å². The second-order valence-corrected chi connectivity index (χ2v) is 6.16. The average Bonchev–Trinajstić information content (AvgIpc) is 2.49. The molecule has 0 aromatic heterocycles. The van der Waals surface area contributed by atoms with Crippen LogP contribution in [0.3, 0.4) is 0 Å². The fourth-order valence-corrected chi connectivity index (χ4v) is 2.94. The predicted octanol–water partition coefficient (Wildman–Crippen LogP) is 5.68. The third kappa shape index (κ3) is 3.90. The molecule has 0 atom stereocenters. The van der Waals surface area contributed by atoms with Gasteiger partial charge in [-0.15, -0.1) is 11.6 Å². The van der Waals surface area contributed by atoms with E-state index in [2.05, 4.69) is 31.9 Å². The molecule has 112 valence electrons. The summed E-state index contributed by atoms with van der Waals surface area (Å²) in [4.78, 5) is 0. The van der Waals surface area contributed by atoms with E-state index in [9.17, 15) is 4.39 Å². The molecule has 0 amide bonds. The molecular weight excluding hydrogens is 426 g/mol. The van der Waals surface area contributed by atoms with Gasteiger partial charge in [0.05, 0.1) is 16.1 Å². The Bertz CT molecular complexity index is 650. The predicted molar refractivity (Wildman–Crippen MR) is 88.7 cm³/mol. The van der Waals surface area contributed by atoms with Gasteiger partial charge in [-0.2, -0.15) is 0 Å². The summed E-state index contributed by atoms with van der Waals surface area (Å²) < 4.78 is 25.7. The minimum absolute atomic E-state index is 0.216. The van der Waals surface area contributed by atoms with Crippen LogP contribution < -0.4 is 9.47 Å². The zero-order chi connectivity index (χ0) is 15.4. The minimum atomic E-state index is -0.320. The summed E-state index contributed by atoms with van der Waals surface area (Å²) in [7, 11) is 1.56. The van der Waals surface area contributed by atoms with E-state index in [4.69, 9.17) is 21.1 Å². The Balaban J connectivity index is 2.25. The Hall–Kier alpha value is -0.780. The Morgan fingerprint density at radius 2 is 2.00 bits per heavy atom. The summed E-state index contributed by atoms with van der Waals surface area (Å²) in [5.74, 6) is 1.19. The molecule has 0 aliphatic carbocycles. The third-order valence-electron chi connectivity index (χ3n) is 2.85. The summed E-state index contributed by atoms with van der Waals surface area (Å²) in [6.07, 6.45) is 0. The number of benzene rings is 2. The quantitative estimate of drug-likeness (QED) is 0.560. The van der Waals surface area contributed by atoms with E-state index in [1.807, 2.05) is 12.1 Å². The number of halogens is 4. The first-order chi connectivity index (χ1) is 10.1. The molecule has 0 heterocycles. The van der Waals surface area contributed by atoms with Crippen LogP contribution in [0.4, 0.5) is 4.39 Å². The first-order valence-corrected chi connectivity index (χ1v) is 8.17. The van der Waals surface area contributed by atoms with E-state index in [1.165, 1.54) is 6.07 Å². The number of rotatable bonds is 5. The molecule has 2 aromatic rings. The molecular formula is C15H12Br2ClFO2. The maximum absolute atomic E-state index is 13.5. The maximum atomic E-state index is 13.5. The first-order valence-electron chi connectivity index (χ1n) is 6.05. The molecule has 0 N–H and O–H groups in total. The SMILES string of the molecule is COc1cc(CCl)cc(Br)c1OCc1cccc(F)c1Br. The van der Waals surface area contributed by atoms with Gasteiger partial charge in [0.1, 0.15) is 12.4 Å². The third-order valence-corrected chi connectivity index (χ3v) is 4.63. The highest BCUT2D eigenvalue weighted by molar-refractivity contribution is 9.10. The van der Waals surface area contributed by atoms with Gasteiger partial charge in [-0.1, -0.05) is 12.1 Å². The van der Waals surface area contributed by atoms with E-state index in [-0.39, 0.29) is 12.4 Å². The lowest BCUT2D eigenvalue weighted by Gasteiger charge is -2.14. The van der Waals surface area contributed by atoms with Crippen LogP contribution in [0.5, 0.6) is 11.5 Å². The van der Waals surface area contributed by atoms with Gasteiger partial charge in [-0.05, 0) is 55.6 Å². The Morgan fingerprint density at radius 3 is 2.67 bits per heavy atom. The molecule has 2 rings (SSSR count). The van der Waals surface area contributed by atoms with Crippen molar-refractivity contribution in [2.75, 3.05) is 7.11 Å². The van der Waals surface area contributed by atoms with Crippen LogP contribution in [0.15, 0.2) is 39.3 Å². The molecule has 0 aliphatic rings. The molecule has 0 radical (unpaired) electrons. The van der Waals surface area contributed by atoms with Crippen LogP contribution in [0.25, 0.3) is 0 Å². The minimum Gasteiger partial charge on any atom is -0.493 e. The molecule has 0 bridgehead atoms. The maximum Gasteiger partial charge on any atom is 0.175 e. The van der Waals surface area contributed by atoms with Gasteiger partial charge in [0.15, 0.2) is 11.5 Å². The number of methoxy groups -OCH3 is 1. The lowest BCUT2D eigenvalue weighted by Crippen LogP contribution is -2.01. The highest BCUT2D eigenvalue weighted by Gasteiger charge is 2.13. The number of ether oxygens (including phenoxy) is 2. The van der Waals surface area contributed by atoms with E-state index in [0.717, 1.165) is 10.0 Å². The summed E-state index contributed by atoms with van der Waals surface area (Å²) in [6, 6.07) is 8.50. The summed E-state index contributed by atoms with van der Waals surface area (Å²) >= 11 is 12.5. The van der Waals surface area contributed by atoms with E-state index < -0.39 is 0 Å². The lowest BCUT2D eigenvalue weighted by molar-refractivity contribution is 0.281. The van der Waals surface area contributed by atoms with Crippen LogP contribution in [0.2, 0.25) is 0 Å². The number of hydrogen-bond donors (Lipinski definition) is 0. The fourth-order valence-electron chi connectivity index (χ4n) is 1.80. The zero-order valence-corrected chi connectivity index (χ0v) is 15.1. The van der Waals surface area contributed by atoms with Crippen molar-refractivity contribution in [1.82, 2.24) is 0 Å². The normalized spacial score (nSPS) is 10.5. The molecule has 21 heavy (non-hydrogen) atoms. The molecule has 0 spiro atoms. The molecule has 6 heteroatoms. The molecule has 2 aromatic carbocycles. The van der Waals surface area contributed by atoms with Crippen LogP contribution in [0.1, 0.15) is 11.1 Å². The van der Waals surface area contributed by atoms with E-state index in [0.29, 0.717) is 27.4 Å². The van der Waals surface area contributed by atoms with E-state index >= 15 is 0 Å². The van der Waals surface area contributed by atoms with Gasteiger partial charge in [0.25, 0.3) is 0 Å². The van der Waals surface area contributed by atoms with Crippen molar-refractivity contribution in [2.24, 2.45) is 0 Å². The molecule has 0 saturated heterocycles. The second-order valence-electron chi connectivity index (χ2n) is 4.24. The van der Waals surface area contributed by atoms with Crippen molar-refractivity contribution in [3.63, 3.8) is 0 Å². The Morgan fingerprint density at radius 1 is 1.24 bits per heavy atom. The fraction of sp³-hybridized carbons (Fsp3) is 0.200. The average molecular weight is 439 g/mol. The van der Waals surface area contributed by atoms with Crippen molar-refractivity contribution in [3.05, 3.63) is 56.2 Å². The van der Waals surface area contributed by atoms with Gasteiger partial charge >= 0.3 is 0 Å². The number of hydrogen-bond acceptors (Lipinski definition) is 2. The molecule has 0 saturated carbocycles. The van der Waals surface area contributed by atoms with Gasteiger partial charge in [-0.3, -0.25) is 0 Å². The summed E-state index contributed by atoms with van der Waals surface area (Å²) in [5.41, 5.74) is 1.63. The van der Waals surface area contributed by atoms with Crippen molar-refractivity contribution in [3.8, 4) is 11.5 Å². The molecule has 2 nitrogen and oxygen atoms in total. The molecule has 0 fully saturated rings. The molecule has 0 aliphatic heterocycles. The largest absolute Gasteiger partial charge is 0.493 e. The Kier molecular flexibility index (Phi) is 5.90. The van der Waals surface area contributed by atoms with Crippen molar-refractivity contribution < 1.29 is 13.9 Å². The highest BCUT2D eigenvalue weighted by Crippen LogP contribution is 2.38. The number of alkyl halides is 1. The van der Waals surface area contributed by atoms with Gasteiger partial charge in [0, 0.05) is 11.4 Å². The molecule has 0 unspecified atom stereocenters. The van der Waals surface area contributed by atoms with Crippen LogP contribution in [-0.4, -0.2) is 7.11 Å². The smallest absolute Gasteiger partial charge is 0.175 e. The van der Waals surface area contributed by atoms with Crippen LogP contribution in [0, 0.1) is 5.82 Å². The second kappa shape index (κ2) is 7.47. The van der Waals surface area contributed by atoms with Crippen molar-refractivity contribution >= 4 is 43.5 Å². The Labute approximate surface area is 144 Å². The van der Waals surface area contributed by atoms with Crippen molar-refractivity contribution in [2.45, 2.75) is 12.5 Å². The monoisotopic (exact) mass is 436 g/mol. The van der Waals surface area contributed by atoms with Gasteiger partial charge in [-0.25, -0.2) is 4.39 Å². The summed E-state index contributed by atoms with van der Waals surface area (Å²) in [5, 5.41) is 0. The summed E-state index contributed by atoms with van der Waals surface area (Å²) in [6.45, 7) is 0.216. The van der Waals surface area contributed by atoms with Crippen molar-refractivity contribution in [1.29, 1.82) is 0 Å². The lowest BCUT2D eigenvalue weighted by atomic mass is 10.2. The highest BCUT2D eigenvalue weighted by atomic mass is 79.9. The first kappa shape index (κ1) is 16.6. The van der Waals surface area contributed by atoms with E-state index in [1.54, 1.807) is 19.2 Å². The van der Waals surface area contributed by atoms with Crippen LogP contribution >= 0.6 is 43.5 Å². The standard InChI is InChI=1S/C15H12Br2ClFO2/c1-20-13-6-9(7-18)5-11(16)15(13)21-8-10-3-2-4-12(19)14(10)17/h2-6H,7-8H2,1H3. The van der Waals surface area contributed by atoms with Gasteiger partial charge < -0.3 is 9.47 Å². The zero-order valence-electron chi connectivity index (χ0n) is 11.1. The topological polar surface area (TPSA) is 18.5 Å². The van der Waals surface area contributed by atoms with Gasteiger partial charge in [0.2, 0.25) is 0 Å².